The van der Waals surface area contributed by atoms with Gasteiger partial charge in [-0.05, 0) is 19.8 Å². The molecule has 1 saturated carbocycles. The van der Waals surface area contributed by atoms with E-state index in [4.69, 9.17) is 5.11 Å². The summed E-state index contributed by atoms with van der Waals surface area (Å²) in [6, 6.07) is -1.74. The maximum absolute atomic E-state index is 12.4. The summed E-state index contributed by atoms with van der Waals surface area (Å²) >= 11 is 0. The molecule has 0 aromatic heterocycles. The lowest BCUT2D eigenvalue weighted by Crippen LogP contribution is -2.53. The Balaban J connectivity index is 2.75. The maximum atomic E-state index is 12.4. The van der Waals surface area contributed by atoms with Gasteiger partial charge in [0, 0.05) is 12.6 Å². The molecule has 0 aliphatic heterocycles. The molecule has 1 aliphatic carbocycles. The smallest absolute Gasteiger partial charge is 0.406 e. The topological polar surface area (TPSA) is 89.9 Å². The van der Waals surface area contributed by atoms with Gasteiger partial charge in [0.1, 0.15) is 6.54 Å². The first-order valence-corrected chi connectivity index (χ1v) is 6.56. The number of carbonyl (C=O) groups is 2. The number of urea groups is 1. The molecule has 3 N–H and O–H groups in total. The summed E-state index contributed by atoms with van der Waals surface area (Å²) in [5.41, 5.74) is -1.18. The van der Waals surface area contributed by atoms with Gasteiger partial charge in [-0.3, -0.25) is 4.79 Å². The zero-order chi connectivity index (χ0) is 16.3. The normalized spacial score (nSPS) is 25.7. The van der Waals surface area contributed by atoms with E-state index in [2.05, 4.69) is 5.32 Å². The number of rotatable bonds is 5. The van der Waals surface area contributed by atoms with Crippen molar-refractivity contribution >= 4 is 12.0 Å². The van der Waals surface area contributed by atoms with Crippen molar-refractivity contribution in [1.82, 2.24) is 10.2 Å². The summed E-state index contributed by atoms with van der Waals surface area (Å²) < 4.78 is 37.2. The SMILES string of the molecule is CC1(C(=O)O)CCCC1NC(=O)N(CCO)CC(F)(F)F. The molecular formula is C12H19F3N2O4. The number of hydrogen-bond donors (Lipinski definition) is 3. The van der Waals surface area contributed by atoms with Crippen molar-refractivity contribution in [2.75, 3.05) is 19.7 Å². The van der Waals surface area contributed by atoms with Crippen molar-refractivity contribution in [3.05, 3.63) is 0 Å². The highest BCUT2D eigenvalue weighted by atomic mass is 19.4. The second kappa shape index (κ2) is 6.50. The third-order valence-electron chi connectivity index (χ3n) is 3.77. The average molecular weight is 312 g/mol. The van der Waals surface area contributed by atoms with Crippen LogP contribution in [-0.4, -0.2) is 59.0 Å². The highest BCUT2D eigenvalue weighted by molar-refractivity contribution is 5.79. The predicted molar refractivity (Wildman–Crippen MR) is 66.6 cm³/mol. The molecule has 1 aliphatic rings. The molecule has 21 heavy (non-hydrogen) atoms. The van der Waals surface area contributed by atoms with E-state index in [0.717, 1.165) is 0 Å². The molecule has 1 rings (SSSR count). The number of aliphatic carboxylic acids is 1. The van der Waals surface area contributed by atoms with Crippen molar-refractivity contribution in [1.29, 1.82) is 0 Å². The Morgan fingerprint density at radius 2 is 2.05 bits per heavy atom. The van der Waals surface area contributed by atoms with E-state index in [-0.39, 0.29) is 0 Å². The molecule has 0 bridgehead atoms. The standard InChI is InChI=1S/C12H19F3N2O4/c1-11(9(19)20)4-2-3-8(11)16-10(21)17(5-6-18)7-12(13,14)15/h8,18H,2-7H2,1H3,(H,16,21)(H,19,20). The van der Waals surface area contributed by atoms with Gasteiger partial charge in [-0.15, -0.1) is 0 Å². The second-order valence-electron chi connectivity index (χ2n) is 5.38. The zero-order valence-corrected chi connectivity index (χ0v) is 11.6. The molecule has 9 heteroatoms. The first-order valence-electron chi connectivity index (χ1n) is 6.56. The van der Waals surface area contributed by atoms with E-state index < -0.39 is 49.3 Å². The maximum Gasteiger partial charge on any atom is 0.406 e. The van der Waals surface area contributed by atoms with E-state index in [9.17, 15) is 27.9 Å². The summed E-state index contributed by atoms with van der Waals surface area (Å²) in [6.45, 7) is -1.10. The van der Waals surface area contributed by atoms with Crippen LogP contribution in [0, 0.1) is 5.41 Å². The van der Waals surface area contributed by atoms with E-state index in [1.54, 1.807) is 0 Å². The van der Waals surface area contributed by atoms with Gasteiger partial charge in [0.05, 0.1) is 12.0 Å². The molecule has 2 atom stereocenters. The van der Waals surface area contributed by atoms with Gasteiger partial charge in [-0.25, -0.2) is 4.79 Å². The Labute approximate surface area is 119 Å². The van der Waals surface area contributed by atoms with Gasteiger partial charge in [-0.1, -0.05) is 6.42 Å². The van der Waals surface area contributed by atoms with Crippen LogP contribution in [-0.2, 0) is 4.79 Å². The van der Waals surface area contributed by atoms with Gasteiger partial charge in [-0.2, -0.15) is 13.2 Å². The minimum absolute atomic E-state index is 0.354. The first-order chi connectivity index (χ1) is 9.60. The highest BCUT2D eigenvalue weighted by Gasteiger charge is 2.46. The van der Waals surface area contributed by atoms with E-state index in [1.165, 1.54) is 6.92 Å². The van der Waals surface area contributed by atoms with Crippen LogP contribution in [0.25, 0.3) is 0 Å². The van der Waals surface area contributed by atoms with Gasteiger partial charge >= 0.3 is 18.2 Å². The summed E-state index contributed by atoms with van der Waals surface area (Å²) in [4.78, 5) is 23.6. The average Bonchev–Trinajstić information content (AvgIpc) is 2.70. The quantitative estimate of drug-likeness (QED) is 0.711. The van der Waals surface area contributed by atoms with Crippen LogP contribution in [0.2, 0.25) is 0 Å². The molecule has 0 aromatic rings. The van der Waals surface area contributed by atoms with E-state index in [0.29, 0.717) is 24.2 Å². The number of carboxylic acids is 1. The van der Waals surface area contributed by atoms with Crippen LogP contribution >= 0.6 is 0 Å². The molecule has 0 radical (unpaired) electrons. The number of aliphatic hydroxyl groups is 1. The van der Waals surface area contributed by atoms with Crippen LogP contribution in [0.5, 0.6) is 0 Å². The lowest BCUT2D eigenvalue weighted by molar-refractivity contribution is -0.149. The number of alkyl halides is 3. The van der Waals surface area contributed by atoms with Crippen LogP contribution in [0.3, 0.4) is 0 Å². The van der Waals surface area contributed by atoms with Gasteiger partial charge in [0.25, 0.3) is 0 Å². The van der Waals surface area contributed by atoms with Crippen molar-refractivity contribution in [2.45, 2.75) is 38.4 Å². The molecule has 6 nitrogen and oxygen atoms in total. The number of hydrogen-bond acceptors (Lipinski definition) is 3. The summed E-state index contributed by atoms with van der Waals surface area (Å²) in [5.74, 6) is -1.09. The number of carbonyl (C=O) groups excluding carboxylic acids is 1. The summed E-state index contributed by atoms with van der Waals surface area (Å²) in [7, 11) is 0. The number of amides is 2. The molecule has 2 unspecified atom stereocenters. The third kappa shape index (κ3) is 4.48. The summed E-state index contributed by atoms with van der Waals surface area (Å²) in [6.07, 6.45) is -3.26. The molecule has 0 saturated heterocycles. The Morgan fingerprint density at radius 1 is 1.43 bits per heavy atom. The van der Waals surface area contributed by atoms with Crippen molar-refractivity contribution < 1.29 is 33.0 Å². The largest absolute Gasteiger partial charge is 0.481 e. The Bertz CT molecular complexity index is 402. The molecule has 122 valence electrons. The third-order valence-corrected chi connectivity index (χ3v) is 3.77. The molecular weight excluding hydrogens is 293 g/mol. The Hall–Kier alpha value is -1.51. The minimum atomic E-state index is -4.59. The Morgan fingerprint density at radius 3 is 2.52 bits per heavy atom. The van der Waals surface area contributed by atoms with Crippen molar-refractivity contribution in [3.8, 4) is 0 Å². The Kier molecular flexibility index (Phi) is 5.43. The molecule has 0 spiro atoms. The van der Waals surface area contributed by atoms with Gasteiger partial charge in [0.15, 0.2) is 0 Å². The fourth-order valence-electron chi connectivity index (χ4n) is 2.48. The molecule has 1 fully saturated rings. The second-order valence-corrected chi connectivity index (χ2v) is 5.38. The summed E-state index contributed by atoms with van der Waals surface area (Å²) in [5, 5.41) is 20.3. The van der Waals surface area contributed by atoms with E-state index in [1.807, 2.05) is 0 Å². The first kappa shape index (κ1) is 17.5. The van der Waals surface area contributed by atoms with E-state index >= 15 is 0 Å². The van der Waals surface area contributed by atoms with Crippen molar-refractivity contribution in [3.63, 3.8) is 0 Å². The fourth-order valence-corrected chi connectivity index (χ4v) is 2.48. The number of aliphatic hydroxyl groups excluding tert-OH is 1. The van der Waals surface area contributed by atoms with Gasteiger partial charge in [0.2, 0.25) is 0 Å². The molecule has 2 amide bonds. The van der Waals surface area contributed by atoms with Crippen LogP contribution in [0.1, 0.15) is 26.2 Å². The fraction of sp³-hybridized carbons (Fsp3) is 0.833. The molecule has 0 heterocycles. The zero-order valence-electron chi connectivity index (χ0n) is 11.6. The van der Waals surface area contributed by atoms with Crippen molar-refractivity contribution in [2.24, 2.45) is 5.41 Å². The monoisotopic (exact) mass is 312 g/mol. The number of nitrogens with one attached hydrogen (secondary N) is 1. The van der Waals surface area contributed by atoms with Crippen LogP contribution in [0.4, 0.5) is 18.0 Å². The lowest BCUT2D eigenvalue weighted by atomic mass is 9.85. The lowest BCUT2D eigenvalue weighted by Gasteiger charge is -2.31. The highest BCUT2D eigenvalue weighted by Crippen LogP contribution is 2.38. The number of halogens is 3. The minimum Gasteiger partial charge on any atom is -0.481 e. The van der Waals surface area contributed by atoms with Crippen LogP contribution in [0.15, 0.2) is 0 Å². The number of carboxylic acid groups (broad SMARTS) is 1. The number of nitrogens with zero attached hydrogens (tertiary/aromatic N) is 1. The molecule has 0 aromatic carbocycles. The van der Waals surface area contributed by atoms with Crippen LogP contribution < -0.4 is 5.32 Å². The van der Waals surface area contributed by atoms with Gasteiger partial charge < -0.3 is 20.4 Å². The predicted octanol–water partition coefficient (Wildman–Crippen LogP) is 1.20.